The fourth-order valence-corrected chi connectivity index (χ4v) is 2.99. The first-order valence-corrected chi connectivity index (χ1v) is 8.69. The summed E-state index contributed by atoms with van der Waals surface area (Å²) in [4.78, 5) is 12.5. The van der Waals surface area contributed by atoms with Gasteiger partial charge in [-0.3, -0.25) is 4.79 Å². The van der Waals surface area contributed by atoms with Crippen LogP contribution in [0.3, 0.4) is 0 Å². The number of aromatic nitrogens is 1. The quantitative estimate of drug-likeness (QED) is 0.485. The number of alkyl halides is 2. The summed E-state index contributed by atoms with van der Waals surface area (Å²) in [5.74, 6) is -0.857. The molecule has 0 bridgehead atoms. The van der Waals surface area contributed by atoms with Crippen LogP contribution in [0.4, 0.5) is 13.2 Å². The van der Waals surface area contributed by atoms with E-state index in [1.165, 1.54) is 30.5 Å². The minimum absolute atomic E-state index is 0.0463. The Bertz CT molecular complexity index is 1040. The fraction of sp³-hybridized carbons (Fsp3) is 0.143. The molecular formula is C21H18F3N3O2. The maximum absolute atomic E-state index is 13.2. The number of para-hydroxylation sites is 1. The summed E-state index contributed by atoms with van der Waals surface area (Å²) in [6.45, 7) is 0.630. The molecule has 0 saturated carbocycles. The van der Waals surface area contributed by atoms with E-state index in [1.54, 1.807) is 37.3 Å². The van der Waals surface area contributed by atoms with Crippen molar-refractivity contribution in [3.63, 3.8) is 0 Å². The van der Waals surface area contributed by atoms with Crippen molar-refractivity contribution in [1.29, 1.82) is 0 Å². The molecule has 0 aliphatic carbocycles. The number of hydrogen-bond acceptors (Lipinski definition) is 3. The number of nitrogens with zero attached hydrogens (tertiary/aromatic N) is 2. The van der Waals surface area contributed by atoms with Gasteiger partial charge >= 0.3 is 6.61 Å². The Hall–Kier alpha value is -3.55. The highest BCUT2D eigenvalue weighted by atomic mass is 19.3. The van der Waals surface area contributed by atoms with Gasteiger partial charge in [0.15, 0.2) is 0 Å². The highest BCUT2D eigenvalue weighted by Gasteiger charge is 2.16. The van der Waals surface area contributed by atoms with Gasteiger partial charge in [0.2, 0.25) is 0 Å². The van der Waals surface area contributed by atoms with Crippen LogP contribution in [-0.2, 0) is 0 Å². The van der Waals surface area contributed by atoms with Crippen LogP contribution < -0.4 is 10.2 Å². The first-order chi connectivity index (χ1) is 13.9. The Morgan fingerprint density at radius 3 is 2.52 bits per heavy atom. The van der Waals surface area contributed by atoms with Gasteiger partial charge in [0, 0.05) is 22.6 Å². The predicted molar refractivity (Wildman–Crippen MR) is 103 cm³/mol. The molecule has 2 aromatic carbocycles. The Morgan fingerprint density at radius 1 is 1.14 bits per heavy atom. The zero-order valence-corrected chi connectivity index (χ0v) is 15.7. The zero-order chi connectivity index (χ0) is 21.0. The monoisotopic (exact) mass is 401 g/mol. The molecule has 1 N–H and O–H groups in total. The lowest BCUT2D eigenvalue weighted by Crippen LogP contribution is -2.18. The molecule has 0 fully saturated rings. The van der Waals surface area contributed by atoms with Crippen molar-refractivity contribution in [2.75, 3.05) is 0 Å². The SMILES string of the molecule is Cc1cc(C(=O)N/N=C\c2ccccc2OC(F)F)c(C)n1-c1ccc(F)cc1. The van der Waals surface area contributed by atoms with Crippen molar-refractivity contribution in [3.8, 4) is 11.4 Å². The second-order valence-electron chi connectivity index (χ2n) is 6.21. The molecule has 29 heavy (non-hydrogen) atoms. The number of rotatable bonds is 6. The normalized spacial score (nSPS) is 11.2. The molecule has 8 heteroatoms. The minimum atomic E-state index is -2.96. The molecule has 5 nitrogen and oxygen atoms in total. The maximum atomic E-state index is 13.2. The topological polar surface area (TPSA) is 55.6 Å². The van der Waals surface area contributed by atoms with Gasteiger partial charge in [0.25, 0.3) is 5.91 Å². The number of hydrogen-bond donors (Lipinski definition) is 1. The first-order valence-electron chi connectivity index (χ1n) is 8.69. The Kier molecular flexibility index (Phi) is 6.01. The van der Waals surface area contributed by atoms with E-state index in [2.05, 4.69) is 15.3 Å². The van der Waals surface area contributed by atoms with Gasteiger partial charge in [-0.1, -0.05) is 12.1 Å². The standard InChI is InChI=1S/C21H18F3N3O2/c1-13-11-18(14(2)27(13)17-9-7-16(22)8-10-17)20(28)26-25-12-15-5-3-4-6-19(15)29-21(23)24/h3-12,21H,1-2H3,(H,26,28)/b25-12-. The highest BCUT2D eigenvalue weighted by molar-refractivity contribution is 5.96. The summed E-state index contributed by atoms with van der Waals surface area (Å²) in [5, 5.41) is 3.84. The van der Waals surface area contributed by atoms with Gasteiger partial charge in [-0.05, 0) is 56.3 Å². The molecule has 0 saturated heterocycles. The summed E-state index contributed by atoms with van der Waals surface area (Å²) in [6, 6.07) is 13.7. The minimum Gasteiger partial charge on any atom is -0.434 e. The summed E-state index contributed by atoms with van der Waals surface area (Å²) < 4.78 is 44.3. The molecule has 3 aromatic rings. The molecule has 0 radical (unpaired) electrons. The van der Waals surface area contributed by atoms with Crippen molar-refractivity contribution in [1.82, 2.24) is 9.99 Å². The molecule has 1 aromatic heterocycles. The Balaban J connectivity index is 1.78. The van der Waals surface area contributed by atoms with Gasteiger partial charge in [-0.25, -0.2) is 9.82 Å². The van der Waals surface area contributed by atoms with Gasteiger partial charge < -0.3 is 9.30 Å². The summed E-state index contributed by atoms with van der Waals surface area (Å²) in [6.07, 6.45) is 1.23. The lowest BCUT2D eigenvalue weighted by atomic mass is 10.2. The van der Waals surface area contributed by atoms with Crippen molar-refractivity contribution >= 4 is 12.1 Å². The first kappa shape index (κ1) is 20.2. The van der Waals surface area contributed by atoms with Crippen LogP contribution in [0, 0.1) is 19.7 Å². The van der Waals surface area contributed by atoms with Crippen molar-refractivity contribution in [3.05, 3.63) is 82.9 Å². The number of hydrazone groups is 1. The Labute approximate surface area is 165 Å². The number of amides is 1. The van der Waals surface area contributed by atoms with Gasteiger partial charge in [-0.2, -0.15) is 13.9 Å². The lowest BCUT2D eigenvalue weighted by molar-refractivity contribution is -0.0499. The van der Waals surface area contributed by atoms with Crippen LogP contribution in [-0.4, -0.2) is 23.3 Å². The summed E-state index contributed by atoms with van der Waals surface area (Å²) in [5.41, 5.74) is 5.24. The molecule has 0 unspecified atom stereocenters. The summed E-state index contributed by atoms with van der Waals surface area (Å²) in [7, 11) is 0. The van der Waals surface area contributed by atoms with Gasteiger partial charge in [-0.15, -0.1) is 0 Å². The van der Waals surface area contributed by atoms with E-state index in [4.69, 9.17) is 0 Å². The van der Waals surface area contributed by atoms with E-state index in [9.17, 15) is 18.0 Å². The number of nitrogens with one attached hydrogen (secondary N) is 1. The van der Waals surface area contributed by atoms with Crippen molar-refractivity contribution < 1.29 is 22.7 Å². The van der Waals surface area contributed by atoms with Crippen LogP contribution in [0.1, 0.15) is 27.3 Å². The second-order valence-corrected chi connectivity index (χ2v) is 6.21. The zero-order valence-electron chi connectivity index (χ0n) is 15.7. The van der Waals surface area contributed by atoms with E-state index in [0.29, 0.717) is 16.8 Å². The van der Waals surface area contributed by atoms with E-state index < -0.39 is 12.5 Å². The average Bonchev–Trinajstić information content (AvgIpc) is 2.98. The fourth-order valence-electron chi connectivity index (χ4n) is 2.99. The van der Waals surface area contributed by atoms with Crippen LogP contribution in [0.5, 0.6) is 5.75 Å². The third kappa shape index (κ3) is 4.66. The third-order valence-corrected chi connectivity index (χ3v) is 4.27. The average molecular weight is 401 g/mol. The third-order valence-electron chi connectivity index (χ3n) is 4.27. The molecule has 0 atom stereocenters. The van der Waals surface area contributed by atoms with Gasteiger partial charge in [0.1, 0.15) is 11.6 Å². The molecule has 3 rings (SSSR count). The lowest BCUT2D eigenvalue weighted by Gasteiger charge is -2.09. The number of carbonyl (C=O) groups is 1. The molecule has 1 heterocycles. The molecule has 0 aliphatic rings. The summed E-state index contributed by atoms with van der Waals surface area (Å²) >= 11 is 0. The molecule has 150 valence electrons. The van der Waals surface area contributed by atoms with Crippen LogP contribution in [0.2, 0.25) is 0 Å². The van der Waals surface area contributed by atoms with Crippen molar-refractivity contribution in [2.45, 2.75) is 20.5 Å². The molecular weight excluding hydrogens is 383 g/mol. The van der Waals surface area contributed by atoms with Crippen molar-refractivity contribution in [2.24, 2.45) is 5.10 Å². The molecule has 0 aliphatic heterocycles. The number of aryl methyl sites for hydroxylation is 1. The second kappa shape index (κ2) is 8.64. The van der Waals surface area contributed by atoms with E-state index in [1.807, 2.05) is 11.5 Å². The number of benzene rings is 2. The molecule has 1 amide bonds. The van der Waals surface area contributed by atoms with Crippen LogP contribution >= 0.6 is 0 Å². The smallest absolute Gasteiger partial charge is 0.387 e. The predicted octanol–water partition coefficient (Wildman–Crippen LogP) is 4.60. The highest BCUT2D eigenvalue weighted by Crippen LogP contribution is 2.21. The van der Waals surface area contributed by atoms with E-state index in [0.717, 1.165) is 11.4 Å². The van der Waals surface area contributed by atoms with Crippen LogP contribution in [0.15, 0.2) is 59.7 Å². The van der Waals surface area contributed by atoms with Gasteiger partial charge in [0.05, 0.1) is 11.8 Å². The van der Waals surface area contributed by atoms with E-state index in [-0.39, 0.29) is 11.6 Å². The van der Waals surface area contributed by atoms with Crippen LogP contribution in [0.25, 0.3) is 5.69 Å². The Morgan fingerprint density at radius 2 is 1.83 bits per heavy atom. The number of carbonyl (C=O) groups excluding carboxylic acids is 1. The number of halogens is 3. The largest absolute Gasteiger partial charge is 0.434 e. The molecule has 0 spiro atoms. The van der Waals surface area contributed by atoms with E-state index >= 15 is 0 Å². The number of ether oxygens (including phenoxy) is 1. The maximum Gasteiger partial charge on any atom is 0.387 e.